The van der Waals surface area contributed by atoms with Crippen molar-refractivity contribution in [3.8, 4) is 0 Å². The van der Waals surface area contributed by atoms with Crippen molar-refractivity contribution in [2.75, 3.05) is 5.32 Å². The van der Waals surface area contributed by atoms with E-state index in [4.69, 9.17) is 11.6 Å². The van der Waals surface area contributed by atoms with Crippen molar-refractivity contribution in [1.82, 2.24) is 24.7 Å². The van der Waals surface area contributed by atoms with Crippen LogP contribution in [0.5, 0.6) is 0 Å². The van der Waals surface area contributed by atoms with Crippen LogP contribution >= 0.6 is 11.6 Å². The van der Waals surface area contributed by atoms with Gasteiger partial charge in [0, 0.05) is 7.05 Å². The summed E-state index contributed by atoms with van der Waals surface area (Å²) in [6, 6.07) is 0. The molecule has 2 aromatic rings. The van der Waals surface area contributed by atoms with E-state index < -0.39 is 0 Å². The van der Waals surface area contributed by atoms with Crippen LogP contribution in [0.15, 0.2) is 18.9 Å². The van der Waals surface area contributed by atoms with E-state index in [9.17, 15) is 0 Å². The molecule has 0 radical (unpaired) electrons. The van der Waals surface area contributed by atoms with Crippen molar-refractivity contribution in [3.63, 3.8) is 0 Å². The molecule has 0 spiro atoms. The van der Waals surface area contributed by atoms with E-state index in [1.807, 2.05) is 11.6 Å². The summed E-state index contributed by atoms with van der Waals surface area (Å²) in [5, 5.41) is 11.2. The number of hydrogen-bond acceptors (Lipinski definition) is 5. The van der Waals surface area contributed by atoms with Gasteiger partial charge in [-0.3, -0.25) is 0 Å². The van der Waals surface area contributed by atoms with E-state index in [2.05, 4.69) is 25.5 Å². The molecule has 2 aromatic heterocycles. The molecule has 0 fully saturated rings. The summed E-state index contributed by atoms with van der Waals surface area (Å²) >= 11 is 5.87. The molecule has 0 amide bonds. The van der Waals surface area contributed by atoms with Crippen LogP contribution in [0.4, 0.5) is 5.82 Å². The van der Waals surface area contributed by atoms with E-state index in [1.165, 1.54) is 12.5 Å². The fraction of sp³-hybridized carbons (Fsp3) is 0.250. The van der Waals surface area contributed by atoms with Crippen molar-refractivity contribution < 1.29 is 0 Å². The number of anilines is 1. The third kappa shape index (κ3) is 2.21. The minimum Gasteiger partial charge on any atom is -0.361 e. The molecule has 2 heterocycles. The highest BCUT2D eigenvalue weighted by molar-refractivity contribution is 6.32. The topological polar surface area (TPSA) is 68.5 Å². The van der Waals surface area contributed by atoms with Crippen LogP contribution in [-0.2, 0) is 13.6 Å². The number of aryl methyl sites for hydroxylation is 1. The molecule has 1 N–H and O–H groups in total. The van der Waals surface area contributed by atoms with Crippen LogP contribution in [0.1, 0.15) is 5.82 Å². The van der Waals surface area contributed by atoms with Crippen LogP contribution in [0.3, 0.4) is 0 Å². The number of nitrogens with one attached hydrogen (secondary N) is 1. The molecule has 15 heavy (non-hydrogen) atoms. The third-order valence-corrected chi connectivity index (χ3v) is 2.16. The Kier molecular flexibility index (Phi) is 2.77. The summed E-state index contributed by atoms with van der Waals surface area (Å²) in [7, 11) is 1.87. The van der Waals surface area contributed by atoms with E-state index in [0.29, 0.717) is 17.4 Å². The molecule has 0 aliphatic rings. The Morgan fingerprint density at radius 2 is 2.40 bits per heavy atom. The van der Waals surface area contributed by atoms with Crippen molar-refractivity contribution in [2.24, 2.45) is 7.05 Å². The normalized spacial score (nSPS) is 10.3. The van der Waals surface area contributed by atoms with Crippen molar-refractivity contribution >= 4 is 17.4 Å². The third-order valence-electron chi connectivity index (χ3n) is 1.89. The molecule has 2 rings (SSSR count). The molecule has 7 heteroatoms. The monoisotopic (exact) mass is 224 g/mol. The van der Waals surface area contributed by atoms with Gasteiger partial charge in [-0.1, -0.05) is 11.6 Å². The Morgan fingerprint density at radius 1 is 1.53 bits per heavy atom. The standard InChI is InChI=1S/C8H9ClN6/c1-15-5-13-14-7(15)3-11-8-6(9)2-10-4-12-8/h2,4-5H,3H2,1H3,(H,10,11,12). The van der Waals surface area contributed by atoms with Gasteiger partial charge in [0.15, 0.2) is 5.82 Å². The lowest BCUT2D eigenvalue weighted by Gasteiger charge is -2.05. The van der Waals surface area contributed by atoms with Crippen LogP contribution in [0.2, 0.25) is 5.02 Å². The molecule has 0 saturated heterocycles. The van der Waals surface area contributed by atoms with Crippen LogP contribution < -0.4 is 5.32 Å². The maximum atomic E-state index is 5.87. The minimum atomic E-state index is 0.486. The highest BCUT2D eigenvalue weighted by atomic mass is 35.5. The highest BCUT2D eigenvalue weighted by Gasteiger charge is 2.03. The molecule has 0 aliphatic carbocycles. The van der Waals surface area contributed by atoms with Gasteiger partial charge in [-0.2, -0.15) is 0 Å². The molecule has 0 saturated carbocycles. The number of rotatable bonds is 3. The first-order chi connectivity index (χ1) is 7.27. The van der Waals surface area contributed by atoms with Gasteiger partial charge in [-0.05, 0) is 0 Å². The zero-order chi connectivity index (χ0) is 10.7. The molecule has 0 unspecified atom stereocenters. The first-order valence-electron chi connectivity index (χ1n) is 4.29. The summed E-state index contributed by atoms with van der Waals surface area (Å²) < 4.78 is 1.82. The molecule has 6 nitrogen and oxygen atoms in total. The second-order valence-corrected chi connectivity index (χ2v) is 3.34. The molecular formula is C8H9ClN6. The Labute approximate surface area is 91.3 Å². The lowest BCUT2D eigenvalue weighted by atomic mass is 10.5. The number of nitrogens with zero attached hydrogens (tertiary/aromatic N) is 5. The minimum absolute atomic E-state index is 0.486. The van der Waals surface area contributed by atoms with Crippen LogP contribution in [0, 0.1) is 0 Å². The molecular weight excluding hydrogens is 216 g/mol. The predicted molar refractivity (Wildman–Crippen MR) is 55.4 cm³/mol. The maximum Gasteiger partial charge on any atom is 0.151 e. The summed E-state index contributed by atoms with van der Waals surface area (Å²) in [6.07, 6.45) is 4.61. The average Bonchev–Trinajstić information content (AvgIpc) is 2.63. The summed E-state index contributed by atoms with van der Waals surface area (Å²) in [4.78, 5) is 7.79. The highest BCUT2D eigenvalue weighted by Crippen LogP contribution is 2.16. The zero-order valence-corrected chi connectivity index (χ0v) is 8.81. The van der Waals surface area contributed by atoms with Crippen molar-refractivity contribution in [1.29, 1.82) is 0 Å². The summed E-state index contributed by atoms with van der Waals surface area (Å²) in [5.74, 6) is 1.40. The number of aromatic nitrogens is 5. The Balaban J connectivity index is 2.06. The number of hydrogen-bond donors (Lipinski definition) is 1. The number of halogens is 1. The fourth-order valence-electron chi connectivity index (χ4n) is 1.07. The fourth-order valence-corrected chi connectivity index (χ4v) is 1.24. The predicted octanol–water partition coefficient (Wildman–Crippen LogP) is 0.871. The maximum absolute atomic E-state index is 5.87. The van der Waals surface area contributed by atoms with Gasteiger partial charge in [-0.15, -0.1) is 10.2 Å². The zero-order valence-electron chi connectivity index (χ0n) is 8.05. The van der Waals surface area contributed by atoms with Crippen molar-refractivity contribution in [2.45, 2.75) is 6.54 Å². The Bertz CT molecular complexity index is 454. The van der Waals surface area contributed by atoms with Crippen molar-refractivity contribution in [3.05, 3.63) is 29.7 Å². The second-order valence-electron chi connectivity index (χ2n) is 2.93. The first kappa shape index (κ1) is 9.85. The Morgan fingerprint density at radius 3 is 3.07 bits per heavy atom. The first-order valence-corrected chi connectivity index (χ1v) is 4.67. The average molecular weight is 225 g/mol. The van der Waals surface area contributed by atoms with E-state index in [1.54, 1.807) is 6.33 Å². The molecule has 78 valence electrons. The largest absolute Gasteiger partial charge is 0.361 e. The smallest absolute Gasteiger partial charge is 0.151 e. The van der Waals surface area contributed by atoms with Crippen LogP contribution in [0.25, 0.3) is 0 Å². The second kappa shape index (κ2) is 4.22. The molecule has 0 aliphatic heterocycles. The summed E-state index contributed by atoms with van der Waals surface area (Å²) in [5.41, 5.74) is 0. The molecule has 0 atom stereocenters. The van der Waals surface area contributed by atoms with Crippen LogP contribution in [-0.4, -0.2) is 24.7 Å². The van der Waals surface area contributed by atoms with Gasteiger partial charge in [0.05, 0.1) is 12.7 Å². The van der Waals surface area contributed by atoms with Gasteiger partial charge in [0.2, 0.25) is 0 Å². The van der Waals surface area contributed by atoms with E-state index >= 15 is 0 Å². The lowest BCUT2D eigenvalue weighted by Crippen LogP contribution is -2.07. The van der Waals surface area contributed by atoms with E-state index in [-0.39, 0.29) is 0 Å². The van der Waals surface area contributed by atoms with Gasteiger partial charge in [-0.25, -0.2) is 9.97 Å². The van der Waals surface area contributed by atoms with Gasteiger partial charge >= 0.3 is 0 Å². The molecule has 0 aromatic carbocycles. The summed E-state index contributed by atoms with van der Waals surface area (Å²) in [6.45, 7) is 0.521. The Hall–Kier alpha value is -1.69. The van der Waals surface area contributed by atoms with Gasteiger partial charge in [0.25, 0.3) is 0 Å². The lowest BCUT2D eigenvalue weighted by molar-refractivity contribution is 0.810. The molecule has 0 bridgehead atoms. The van der Waals surface area contributed by atoms with Gasteiger partial charge < -0.3 is 9.88 Å². The quantitative estimate of drug-likeness (QED) is 0.838. The van der Waals surface area contributed by atoms with Gasteiger partial charge in [0.1, 0.15) is 23.5 Å². The SMILES string of the molecule is Cn1cnnc1CNc1ncncc1Cl. The van der Waals surface area contributed by atoms with E-state index in [0.717, 1.165) is 5.82 Å².